The largest absolute Gasteiger partial charge is 0.378 e. The molecule has 0 bridgehead atoms. The van der Waals surface area contributed by atoms with Crippen LogP contribution in [0, 0.1) is 20.8 Å². The predicted molar refractivity (Wildman–Crippen MR) is 89.0 cm³/mol. The first-order valence-electron chi connectivity index (χ1n) is 7.19. The van der Waals surface area contributed by atoms with Crippen molar-refractivity contribution in [2.24, 2.45) is 0 Å². The van der Waals surface area contributed by atoms with Crippen LogP contribution < -0.4 is 10.2 Å². The summed E-state index contributed by atoms with van der Waals surface area (Å²) in [6.07, 6.45) is 1.52. The number of nitrogens with one attached hydrogen (secondary N) is 1. The van der Waals surface area contributed by atoms with Gasteiger partial charge in [0.25, 0.3) is 5.78 Å². The van der Waals surface area contributed by atoms with Crippen molar-refractivity contribution in [3.63, 3.8) is 0 Å². The first-order valence-corrected chi connectivity index (χ1v) is 7.19. The average Bonchev–Trinajstić information content (AvgIpc) is 2.93. The molecule has 1 N–H and O–H groups in total. The predicted octanol–water partition coefficient (Wildman–Crippen LogP) is 2.86. The monoisotopic (exact) mass is 296 g/mol. The van der Waals surface area contributed by atoms with Crippen LogP contribution in [0.25, 0.3) is 5.78 Å². The maximum absolute atomic E-state index is 4.44. The first kappa shape index (κ1) is 14.3. The Morgan fingerprint density at radius 1 is 1.14 bits per heavy atom. The van der Waals surface area contributed by atoms with Crippen molar-refractivity contribution in [1.82, 2.24) is 19.6 Å². The molecule has 6 nitrogen and oxygen atoms in total. The van der Waals surface area contributed by atoms with Crippen LogP contribution in [0.4, 0.5) is 17.2 Å². The second-order valence-electron chi connectivity index (χ2n) is 5.66. The summed E-state index contributed by atoms with van der Waals surface area (Å²) in [5.74, 6) is 1.51. The van der Waals surface area contributed by atoms with Crippen molar-refractivity contribution in [1.29, 1.82) is 0 Å². The lowest BCUT2D eigenvalue weighted by atomic mass is 10.1. The van der Waals surface area contributed by atoms with E-state index < -0.39 is 0 Å². The summed E-state index contributed by atoms with van der Waals surface area (Å²) in [5.41, 5.74) is 5.42. The van der Waals surface area contributed by atoms with Crippen LogP contribution in [0.5, 0.6) is 0 Å². The van der Waals surface area contributed by atoms with Gasteiger partial charge in [0, 0.05) is 36.7 Å². The van der Waals surface area contributed by atoms with E-state index in [0.717, 1.165) is 22.8 Å². The van der Waals surface area contributed by atoms with E-state index in [1.54, 1.807) is 4.52 Å². The molecule has 0 amide bonds. The van der Waals surface area contributed by atoms with Gasteiger partial charge >= 0.3 is 0 Å². The highest BCUT2D eigenvalue weighted by Crippen LogP contribution is 2.27. The molecule has 0 aliphatic carbocycles. The Hall–Kier alpha value is -2.63. The van der Waals surface area contributed by atoms with E-state index in [9.17, 15) is 0 Å². The van der Waals surface area contributed by atoms with Crippen molar-refractivity contribution < 1.29 is 0 Å². The molecule has 0 fully saturated rings. The van der Waals surface area contributed by atoms with Crippen LogP contribution in [0.3, 0.4) is 0 Å². The van der Waals surface area contributed by atoms with E-state index >= 15 is 0 Å². The van der Waals surface area contributed by atoms with Gasteiger partial charge in [0.1, 0.15) is 12.1 Å². The van der Waals surface area contributed by atoms with Crippen LogP contribution in [-0.4, -0.2) is 33.7 Å². The highest BCUT2D eigenvalue weighted by molar-refractivity contribution is 5.68. The minimum atomic E-state index is 0.605. The zero-order valence-corrected chi connectivity index (χ0v) is 13.5. The highest BCUT2D eigenvalue weighted by atomic mass is 15.4. The minimum absolute atomic E-state index is 0.605. The first-order chi connectivity index (χ1) is 10.5. The summed E-state index contributed by atoms with van der Waals surface area (Å²) < 4.78 is 1.74. The lowest BCUT2D eigenvalue weighted by Crippen LogP contribution is -2.10. The van der Waals surface area contributed by atoms with Gasteiger partial charge in [0.15, 0.2) is 0 Å². The lowest BCUT2D eigenvalue weighted by Gasteiger charge is -2.17. The van der Waals surface area contributed by atoms with E-state index in [4.69, 9.17) is 0 Å². The fourth-order valence-electron chi connectivity index (χ4n) is 2.37. The minimum Gasteiger partial charge on any atom is -0.378 e. The average molecular weight is 296 g/mol. The molecule has 0 aliphatic rings. The van der Waals surface area contributed by atoms with Gasteiger partial charge < -0.3 is 10.2 Å². The van der Waals surface area contributed by atoms with Crippen molar-refractivity contribution >= 4 is 23.0 Å². The molecule has 0 aliphatic heterocycles. The Bertz CT molecular complexity index is 834. The highest BCUT2D eigenvalue weighted by Gasteiger charge is 2.12. The molecule has 6 heteroatoms. The number of fused-ring (bicyclic) bond motifs is 1. The zero-order chi connectivity index (χ0) is 15.9. The van der Waals surface area contributed by atoms with Gasteiger partial charge in [0.05, 0.1) is 0 Å². The standard InChI is InChI=1S/C16H20N6/c1-10-8-13(21(4)5)6-7-14(10)20-15-11(2)12(3)19-16-17-9-18-22(15)16/h6-9,20H,1-5H3. The summed E-state index contributed by atoms with van der Waals surface area (Å²) in [5, 5.41) is 7.74. The number of nitrogens with zero attached hydrogens (tertiary/aromatic N) is 5. The molecular formula is C16H20N6. The van der Waals surface area contributed by atoms with E-state index in [1.165, 1.54) is 17.6 Å². The molecular weight excluding hydrogens is 276 g/mol. The van der Waals surface area contributed by atoms with E-state index in [-0.39, 0.29) is 0 Å². The third-order valence-electron chi connectivity index (χ3n) is 3.89. The number of aryl methyl sites for hydroxylation is 2. The molecule has 0 saturated heterocycles. The van der Waals surface area contributed by atoms with Gasteiger partial charge in [0.2, 0.25) is 0 Å². The second kappa shape index (κ2) is 5.29. The molecule has 0 saturated carbocycles. The number of aromatic nitrogens is 4. The van der Waals surface area contributed by atoms with E-state index in [2.05, 4.69) is 50.4 Å². The third kappa shape index (κ3) is 2.36. The van der Waals surface area contributed by atoms with Crippen LogP contribution in [0.15, 0.2) is 24.5 Å². The normalized spacial score (nSPS) is 11.0. The van der Waals surface area contributed by atoms with Crippen molar-refractivity contribution in [3.05, 3.63) is 41.3 Å². The third-order valence-corrected chi connectivity index (χ3v) is 3.89. The van der Waals surface area contributed by atoms with E-state index in [1.807, 2.05) is 27.9 Å². The summed E-state index contributed by atoms with van der Waals surface area (Å²) in [4.78, 5) is 10.7. The van der Waals surface area contributed by atoms with Crippen LogP contribution in [0.1, 0.15) is 16.8 Å². The number of hydrogen-bond donors (Lipinski definition) is 1. The Labute approximate surface area is 129 Å². The van der Waals surface area contributed by atoms with E-state index in [0.29, 0.717) is 5.78 Å². The second-order valence-corrected chi connectivity index (χ2v) is 5.66. The zero-order valence-electron chi connectivity index (χ0n) is 13.5. The van der Waals surface area contributed by atoms with Crippen molar-refractivity contribution in [2.75, 3.05) is 24.3 Å². The molecule has 3 rings (SSSR count). The summed E-state index contributed by atoms with van der Waals surface area (Å²) in [6.45, 7) is 6.11. The summed E-state index contributed by atoms with van der Waals surface area (Å²) in [6, 6.07) is 6.34. The Kier molecular flexibility index (Phi) is 3.44. The van der Waals surface area contributed by atoms with Gasteiger partial charge in [-0.05, 0) is 44.5 Å². The molecule has 22 heavy (non-hydrogen) atoms. The Balaban J connectivity index is 2.07. The fraction of sp³-hybridized carbons (Fsp3) is 0.312. The molecule has 114 valence electrons. The smallest absolute Gasteiger partial charge is 0.254 e. The van der Waals surface area contributed by atoms with Crippen LogP contribution in [-0.2, 0) is 0 Å². The van der Waals surface area contributed by atoms with Gasteiger partial charge in [-0.1, -0.05) is 0 Å². The SMILES string of the molecule is Cc1cc(N(C)C)ccc1Nc1c(C)c(C)nc2ncnn12. The number of benzene rings is 1. The lowest BCUT2D eigenvalue weighted by molar-refractivity contribution is 0.923. The van der Waals surface area contributed by atoms with Gasteiger partial charge in [-0.2, -0.15) is 14.6 Å². The summed E-state index contributed by atoms with van der Waals surface area (Å²) in [7, 11) is 4.08. The molecule has 3 aromatic rings. The quantitative estimate of drug-likeness (QED) is 0.805. The van der Waals surface area contributed by atoms with Crippen molar-refractivity contribution in [3.8, 4) is 0 Å². The van der Waals surface area contributed by atoms with Crippen LogP contribution in [0.2, 0.25) is 0 Å². The van der Waals surface area contributed by atoms with Gasteiger partial charge in [-0.25, -0.2) is 4.98 Å². The maximum Gasteiger partial charge on any atom is 0.254 e. The number of hydrogen-bond acceptors (Lipinski definition) is 5. The molecule has 2 heterocycles. The number of anilines is 3. The van der Waals surface area contributed by atoms with Crippen molar-refractivity contribution in [2.45, 2.75) is 20.8 Å². The van der Waals surface area contributed by atoms with Gasteiger partial charge in [-0.15, -0.1) is 0 Å². The molecule has 0 radical (unpaired) electrons. The Morgan fingerprint density at radius 2 is 1.91 bits per heavy atom. The van der Waals surface area contributed by atoms with Crippen LogP contribution >= 0.6 is 0 Å². The molecule has 0 atom stereocenters. The molecule has 0 unspecified atom stereocenters. The molecule has 0 spiro atoms. The number of rotatable bonds is 3. The summed E-state index contributed by atoms with van der Waals surface area (Å²) >= 11 is 0. The molecule has 2 aromatic heterocycles. The topological polar surface area (TPSA) is 58.3 Å². The fourth-order valence-corrected chi connectivity index (χ4v) is 2.37. The van der Waals surface area contributed by atoms with Gasteiger partial charge in [-0.3, -0.25) is 0 Å². The Morgan fingerprint density at radius 3 is 2.59 bits per heavy atom. The molecule has 1 aromatic carbocycles. The maximum atomic E-state index is 4.44.